The molecule has 1 aromatic heterocycles. The molecule has 3 rings (SSSR count). The van der Waals surface area contributed by atoms with E-state index in [1.165, 1.54) is 25.5 Å². The topological polar surface area (TPSA) is 104 Å². The highest BCUT2D eigenvalue weighted by Gasteiger charge is 2.32. The number of benzene rings is 1. The maximum Gasteiger partial charge on any atom is 0.256 e. The fraction of sp³-hybridized carbons (Fsp3) is 0.278. The number of rotatable bonds is 4. The molecule has 1 fully saturated rings. The summed E-state index contributed by atoms with van der Waals surface area (Å²) in [6.07, 6.45) is 5.88. The van der Waals surface area contributed by atoms with Crippen LogP contribution >= 0.6 is 0 Å². The Bertz CT molecular complexity index is 825. The smallest absolute Gasteiger partial charge is 0.256 e. The molecule has 1 aliphatic heterocycles. The summed E-state index contributed by atoms with van der Waals surface area (Å²) in [7, 11) is 0. The van der Waals surface area contributed by atoms with Crippen LogP contribution in [0.1, 0.15) is 30.1 Å². The molecule has 0 saturated carbocycles. The molecule has 1 aromatic carbocycles. The number of carbonyl (C=O) groups excluding carboxylic acids is 3. The first kappa shape index (κ1) is 17.5. The molecular weight excluding hydrogens is 334 g/mol. The molecule has 0 bridgehead atoms. The summed E-state index contributed by atoms with van der Waals surface area (Å²) in [5.41, 5.74) is 0.875. The Kier molecular flexibility index (Phi) is 5.21. The normalized spacial score (nSPS) is 16.2. The molecule has 3 amide bonds. The van der Waals surface area contributed by atoms with Gasteiger partial charge in [0, 0.05) is 37.1 Å². The average Bonchev–Trinajstić information content (AvgIpc) is 3.13. The van der Waals surface area contributed by atoms with Gasteiger partial charge in [-0.3, -0.25) is 19.4 Å². The molecule has 1 atom stereocenters. The predicted molar refractivity (Wildman–Crippen MR) is 95.5 cm³/mol. The zero-order valence-corrected chi connectivity index (χ0v) is 14.3. The third kappa shape index (κ3) is 4.02. The zero-order valence-electron chi connectivity index (χ0n) is 14.3. The Morgan fingerprint density at radius 2 is 2.04 bits per heavy atom. The van der Waals surface area contributed by atoms with Crippen LogP contribution in [0.4, 0.5) is 11.5 Å². The van der Waals surface area contributed by atoms with Crippen molar-refractivity contribution in [2.75, 3.05) is 17.2 Å². The molecule has 1 aliphatic rings. The Balaban J connectivity index is 1.68. The van der Waals surface area contributed by atoms with Crippen molar-refractivity contribution in [2.24, 2.45) is 0 Å². The number of nitrogens with one attached hydrogen (secondary N) is 2. The summed E-state index contributed by atoms with van der Waals surface area (Å²) in [5, 5.41) is 5.42. The molecule has 8 heteroatoms. The lowest BCUT2D eigenvalue weighted by Crippen LogP contribution is -2.42. The largest absolute Gasteiger partial charge is 0.331 e. The second kappa shape index (κ2) is 7.73. The average molecular weight is 353 g/mol. The molecular formula is C18H19N5O3. The van der Waals surface area contributed by atoms with Gasteiger partial charge < -0.3 is 15.5 Å². The van der Waals surface area contributed by atoms with Crippen LogP contribution in [0.5, 0.6) is 0 Å². The van der Waals surface area contributed by atoms with Gasteiger partial charge in [-0.2, -0.15) is 0 Å². The molecule has 0 spiro atoms. The maximum atomic E-state index is 12.5. The Morgan fingerprint density at radius 3 is 2.77 bits per heavy atom. The van der Waals surface area contributed by atoms with Gasteiger partial charge in [0.1, 0.15) is 6.04 Å². The van der Waals surface area contributed by atoms with E-state index >= 15 is 0 Å². The van der Waals surface area contributed by atoms with Gasteiger partial charge in [-0.15, -0.1) is 0 Å². The first-order valence-electron chi connectivity index (χ1n) is 8.30. The van der Waals surface area contributed by atoms with Crippen molar-refractivity contribution in [3.63, 3.8) is 0 Å². The van der Waals surface area contributed by atoms with E-state index in [9.17, 15) is 14.4 Å². The standard InChI is InChI=1S/C18H19N5O3/c1-12(24)23-9-3-6-15(23)18(26)21-14-5-2-4-13(10-14)17(25)22-16-11-19-7-8-20-16/h2,4-5,7-8,10-11,15H,3,6,9H2,1H3,(H,21,26)(H,20,22,25)/t15-/m1/s1. The SMILES string of the molecule is CC(=O)N1CCC[C@@H]1C(=O)Nc1cccc(C(=O)Nc2cnccn2)c1. The molecule has 26 heavy (non-hydrogen) atoms. The highest BCUT2D eigenvalue weighted by Crippen LogP contribution is 2.20. The van der Waals surface area contributed by atoms with Gasteiger partial charge >= 0.3 is 0 Å². The molecule has 2 heterocycles. The van der Waals surface area contributed by atoms with Crippen molar-refractivity contribution in [1.82, 2.24) is 14.9 Å². The second-order valence-corrected chi connectivity index (χ2v) is 5.99. The van der Waals surface area contributed by atoms with Gasteiger partial charge in [0.05, 0.1) is 6.20 Å². The minimum Gasteiger partial charge on any atom is -0.331 e. The van der Waals surface area contributed by atoms with Crippen LogP contribution in [0.15, 0.2) is 42.9 Å². The van der Waals surface area contributed by atoms with Gasteiger partial charge in [-0.1, -0.05) is 6.07 Å². The Hall–Kier alpha value is -3.29. The van der Waals surface area contributed by atoms with Crippen molar-refractivity contribution in [3.8, 4) is 0 Å². The summed E-state index contributed by atoms with van der Waals surface area (Å²) >= 11 is 0. The van der Waals surface area contributed by atoms with Crippen LogP contribution in [0.2, 0.25) is 0 Å². The van der Waals surface area contributed by atoms with Gasteiger partial charge in [0.25, 0.3) is 5.91 Å². The van der Waals surface area contributed by atoms with Crippen LogP contribution in [0.25, 0.3) is 0 Å². The lowest BCUT2D eigenvalue weighted by molar-refractivity contribution is -0.134. The van der Waals surface area contributed by atoms with Crippen molar-refractivity contribution < 1.29 is 14.4 Å². The molecule has 0 unspecified atom stereocenters. The third-order valence-corrected chi connectivity index (χ3v) is 4.16. The van der Waals surface area contributed by atoms with E-state index < -0.39 is 6.04 Å². The van der Waals surface area contributed by atoms with Crippen LogP contribution < -0.4 is 10.6 Å². The summed E-state index contributed by atoms with van der Waals surface area (Å²) in [6, 6.07) is 6.13. The predicted octanol–water partition coefficient (Wildman–Crippen LogP) is 1.68. The fourth-order valence-electron chi connectivity index (χ4n) is 2.93. The summed E-state index contributed by atoms with van der Waals surface area (Å²) in [4.78, 5) is 45.8. The van der Waals surface area contributed by atoms with Gasteiger partial charge in [-0.25, -0.2) is 4.98 Å². The van der Waals surface area contributed by atoms with Gasteiger partial charge in [-0.05, 0) is 31.0 Å². The minimum absolute atomic E-state index is 0.111. The lowest BCUT2D eigenvalue weighted by atomic mass is 10.1. The molecule has 134 valence electrons. The van der Waals surface area contributed by atoms with Gasteiger partial charge in [0.2, 0.25) is 11.8 Å². The van der Waals surface area contributed by atoms with E-state index in [2.05, 4.69) is 20.6 Å². The molecule has 2 N–H and O–H groups in total. The first-order valence-corrected chi connectivity index (χ1v) is 8.30. The lowest BCUT2D eigenvalue weighted by Gasteiger charge is -2.22. The fourth-order valence-corrected chi connectivity index (χ4v) is 2.93. The highest BCUT2D eigenvalue weighted by atomic mass is 16.2. The molecule has 8 nitrogen and oxygen atoms in total. The molecule has 0 aliphatic carbocycles. The van der Waals surface area contributed by atoms with Crippen molar-refractivity contribution in [2.45, 2.75) is 25.8 Å². The Morgan fingerprint density at radius 1 is 1.19 bits per heavy atom. The molecule has 2 aromatic rings. The minimum atomic E-state index is -0.468. The summed E-state index contributed by atoms with van der Waals surface area (Å²) < 4.78 is 0. The number of hydrogen-bond acceptors (Lipinski definition) is 5. The van der Waals surface area contributed by atoms with Crippen LogP contribution in [-0.4, -0.2) is 45.2 Å². The quantitative estimate of drug-likeness (QED) is 0.870. The van der Waals surface area contributed by atoms with E-state index in [4.69, 9.17) is 0 Å². The number of nitrogens with zero attached hydrogens (tertiary/aromatic N) is 3. The van der Waals surface area contributed by atoms with Crippen LogP contribution in [-0.2, 0) is 9.59 Å². The maximum absolute atomic E-state index is 12.5. The monoisotopic (exact) mass is 353 g/mol. The Labute approximate surface area is 150 Å². The number of hydrogen-bond donors (Lipinski definition) is 2. The summed E-state index contributed by atoms with van der Waals surface area (Å²) in [5.74, 6) is -0.369. The van der Waals surface area contributed by atoms with Crippen molar-refractivity contribution in [3.05, 3.63) is 48.4 Å². The molecule has 0 radical (unpaired) electrons. The van der Waals surface area contributed by atoms with E-state index in [0.717, 1.165) is 6.42 Å². The highest BCUT2D eigenvalue weighted by molar-refractivity contribution is 6.05. The van der Waals surface area contributed by atoms with E-state index in [1.807, 2.05) is 0 Å². The second-order valence-electron chi connectivity index (χ2n) is 5.99. The number of anilines is 2. The number of aromatic nitrogens is 2. The third-order valence-electron chi connectivity index (χ3n) is 4.16. The van der Waals surface area contributed by atoms with Gasteiger partial charge in [0.15, 0.2) is 5.82 Å². The van der Waals surface area contributed by atoms with Crippen molar-refractivity contribution >= 4 is 29.2 Å². The number of amides is 3. The summed E-state index contributed by atoms with van der Waals surface area (Å²) in [6.45, 7) is 2.05. The van der Waals surface area contributed by atoms with Crippen molar-refractivity contribution in [1.29, 1.82) is 0 Å². The first-order chi connectivity index (χ1) is 12.5. The van der Waals surface area contributed by atoms with Crippen LogP contribution in [0, 0.1) is 0 Å². The van der Waals surface area contributed by atoms with E-state index in [0.29, 0.717) is 30.0 Å². The van der Waals surface area contributed by atoms with E-state index in [1.54, 1.807) is 29.2 Å². The number of carbonyl (C=O) groups is 3. The zero-order chi connectivity index (χ0) is 18.5. The van der Waals surface area contributed by atoms with E-state index in [-0.39, 0.29) is 17.7 Å². The molecule has 1 saturated heterocycles. The van der Waals surface area contributed by atoms with Crippen LogP contribution in [0.3, 0.4) is 0 Å². The number of likely N-dealkylation sites (tertiary alicyclic amines) is 1.